The van der Waals surface area contributed by atoms with Crippen LogP contribution >= 0.6 is 0 Å². The Hall–Kier alpha value is -3.93. The molecule has 3 aromatic carbocycles. The normalized spacial score (nSPS) is 10.2. The highest BCUT2D eigenvalue weighted by molar-refractivity contribution is 5.97. The minimum Gasteiger partial charge on any atom is -0.482 e. The van der Waals surface area contributed by atoms with Crippen LogP contribution in [0.15, 0.2) is 78.9 Å². The van der Waals surface area contributed by atoms with E-state index in [9.17, 15) is 14.4 Å². The zero-order chi connectivity index (χ0) is 22.1. The molecule has 3 aromatic rings. The van der Waals surface area contributed by atoms with Crippen LogP contribution < -0.4 is 10.1 Å². The van der Waals surface area contributed by atoms with Crippen molar-refractivity contribution in [1.29, 1.82) is 0 Å². The Morgan fingerprint density at radius 3 is 2.35 bits per heavy atom. The van der Waals surface area contributed by atoms with Crippen LogP contribution in [0.2, 0.25) is 0 Å². The number of para-hydroxylation sites is 1. The number of amides is 1. The number of nitrogens with one attached hydrogen (secondary N) is 1. The van der Waals surface area contributed by atoms with E-state index in [1.807, 2.05) is 48.5 Å². The van der Waals surface area contributed by atoms with Crippen molar-refractivity contribution in [2.75, 3.05) is 18.5 Å². The number of hydrogen-bond acceptors (Lipinski definition) is 5. The number of Topliss-reactive ketones (excluding diaryl/α,β-unsaturated/α-hetero) is 1. The summed E-state index contributed by atoms with van der Waals surface area (Å²) < 4.78 is 10.6. The van der Waals surface area contributed by atoms with Gasteiger partial charge in [-0.2, -0.15) is 0 Å². The number of anilines is 1. The lowest BCUT2D eigenvalue weighted by atomic mass is 10.0. The van der Waals surface area contributed by atoms with Crippen LogP contribution in [0.1, 0.15) is 28.4 Å². The minimum atomic E-state index is -0.651. The average molecular weight is 417 g/mol. The Labute approximate surface area is 180 Å². The zero-order valence-corrected chi connectivity index (χ0v) is 17.2. The average Bonchev–Trinajstić information content (AvgIpc) is 2.78. The van der Waals surface area contributed by atoms with E-state index >= 15 is 0 Å². The third-order valence-corrected chi connectivity index (χ3v) is 4.47. The highest BCUT2D eigenvalue weighted by Gasteiger charge is 2.11. The first kappa shape index (κ1) is 21.8. The molecule has 0 unspecified atom stereocenters. The molecule has 31 heavy (non-hydrogen) atoms. The Kier molecular flexibility index (Phi) is 7.54. The first-order valence-corrected chi connectivity index (χ1v) is 9.82. The van der Waals surface area contributed by atoms with Gasteiger partial charge in [0.15, 0.2) is 19.0 Å². The lowest BCUT2D eigenvalue weighted by molar-refractivity contribution is -0.149. The van der Waals surface area contributed by atoms with Crippen LogP contribution in [0.5, 0.6) is 5.75 Å². The van der Waals surface area contributed by atoms with Gasteiger partial charge in [-0.15, -0.1) is 0 Å². The highest BCUT2D eigenvalue weighted by atomic mass is 16.6. The van der Waals surface area contributed by atoms with Gasteiger partial charge < -0.3 is 14.8 Å². The summed E-state index contributed by atoms with van der Waals surface area (Å²) >= 11 is 0. The molecule has 0 aliphatic carbocycles. The summed E-state index contributed by atoms with van der Waals surface area (Å²) in [6.07, 6.45) is 0.674. The second-order valence-electron chi connectivity index (χ2n) is 6.90. The van der Waals surface area contributed by atoms with E-state index in [-0.39, 0.29) is 12.4 Å². The topological polar surface area (TPSA) is 81.7 Å². The number of hydrogen-bond donors (Lipinski definition) is 1. The van der Waals surface area contributed by atoms with Crippen molar-refractivity contribution < 1.29 is 23.9 Å². The maximum absolute atomic E-state index is 12.0. The van der Waals surface area contributed by atoms with Gasteiger partial charge in [0.2, 0.25) is 0 Å². The van der Waals surface area contributed by atoms with Gasteiger partial charge in [-0.05, 0) is 36.2 Å². The molecule has 0 heterocycles. The SMILES string of the molecule is CC(=O)c1cccc(NC(=O)COC(=O)COc2ccccc2Cc2ccccc2)c1. The molecule has 0 aliphatic rings. The summed E-state index contributed by atoms with van der Waals surface area (Å²) in [4.78, 5) is 35.4. The summed E-state index contributed by atoms with van der Waals surface area (Å²) in [6, 6.07) is 24.0. The van der Waals surface area contributed by atoms with Gasteiger partial charge in [0.05, 0.1) is 0 Å². The Balaban J connectivity index is 1.48. The molecule has 1 amide bonds. The standard InChI is InChI=1S/C25H23NO5/c1-18(27)20-11-7-12-22(15-20)26-24(28)16-31-25(29)17-30-23-13-6-5-10-21(23)14-19-8-3-2-4-9-19/h2-13,15H,14,16-17H2,1H3,(H,26,28). The van der Waals surface area contributed by atoms with Crippen molar-refractivity contribution in [3.63, 3.8) is 0 Å². The second-order valence-corrected chi connectivity index (χ2v) is 6.90. The largest absolute Gasteiger partial charge is 0.482 e. The highest BCUT2D eigenvalue weighted by Crippen LogP contribution is 2.21. The van der Waals surface area contributed by atoms with Crippen molar-refractivity contribution >= 4 is 23.3 Å². The molecule has 6 nitrogen and oxygen atoms in total. The number of rotatable bonds is 9. The number of ketones is 1. The molecular formula is C25H23NO5. The molecule has 0 fully saturated rings. The van der Waals surface area contributed by atoms with Crippen LogP contribution in [0.25, 0.3) is 0 Å². The van der Waals surface area contributed by atoms with Crippen molar-refractivity contribution in [3.8, 4) is 5.75 Å². The molecule has 0 spiro atoms. The summed E-state index contributed by atoms with van der Waals surface area (Å²) in [5, 5.41) is 2.59. The number of carbonyl (C=O) groups excluding carboxylic acids is 3. The van der Waals surface area contributed by atoms with Crippen molar-refractivity contribution in [1.82, 2.24) is 0 Å². The second kappa shape index (κ2) is 10.7. The van der Waals surface area contributed by atoms with Crippen LogP contribution in [0.4, 0.5) is 5.69 Å². The van der Waals surface area contributed by atoms with Crippen LogP contribution in [0, 0.1) is 0 Å². The molecular weight excluding hydrogens is 394 g/mol. The van der Waals surface area contributed by atoms with Gasteiger partial charge in [0.25, 0.3) is 5.91 Å². The molecule has 0 aromatic heterocycles. The number of ether oxygens (including phenoxy) is 2. The smallest absolute Gasteiger partial charge is 0.344 e. The molecule has 0 radical (unpaired) electrons. The van der Waals surface area contributed by atoms with E-state index in [1.54, 1.807) is 30.3 Å². The molecule has 158 valence electrons. The van der Waals surface area contributed by atoms with E-state index in [0.717, 1.165) is 11.1 Å². The third kappa shape index (κ3) is 6.82. The van der Waals surface area contributed by atoms with Crippen molar-refractivity contribution in [2.45, 2.75) is 13.3 Å². The molecule has 1 N–H and O–H groups in total. The first-order chi connectivity index (χ1) is 15.0. The van der Waals surface area contributed by atoms with E-state index in [4.69, 9.17) is 9.47 Å². The molecule has 0 saturated carbocycles. The Morgan fingerprint density at radius 2 is 1.58 bits per heavy atom. The predicted molar refractivity (Wildman–Crippen MR) is 117 cm³/mol. The van der Waals surface area contributed by atoms with Crippen LogP contribution in [0.3, 0.4) is 0 Å². The van der Waals surface area contributed by atoms with Gasteiger partial charge in [-0.1, -0.05) is 60.7 Å². The summed E-state index contributed by atoms with van der Waals surface area (Å²) in [6.45, 7) is 0.692. The fourth-order valence-electron chi connectivity index (χ4n) is 2.94. The molecule has 0 aliphatic heterocycles. The van der Waals surface area contributed by atoms with Crippen molar-refractivity contribution in [2.24, 2.45) is 0 Å². The molecule has 0 saturated heterocycles. The van der Waals surface area contributed by atoms with E-state index in [1.165, 1.54) is 6.92 Å². The number of esters is 1. The molecule has 0 bridgehead atoms. The van der Waals surface area contributed by atoms with Gasteiger partial charge in [-0.3, -0.25) is 9.59 Å². The summed E-state index contributed by atoms with van der Waals surface area (Å²) in [7, 11) is 0. The lowest BCUT2D eigenvalue weighted by Gasteiger charge is -2.11. The minimum absolute atomic E-state index is 0.104. The lowest BCUT2D eigenvalue weighted by Crippen LogP contribution is -2.23. The summed E-state index contributed by atoms with van der Waals surface area (Å²) in [5.41, 5.74) is 3.02. The zero-order valence-electron chi connectivity index (χ0n) is 17.2. The molecule has 0 atom stereocenters. The van der Waals surface area contributed by atoms with E-state index in [0.29, 0.717) is 23.4 Å². The Morgan fingerprint density at radius 1 is 0.839 bits per heavy atom. The quantitative estimate of drug-likeness (QED) is 0.420. The first-order valence-electron chi connectivity index (χ1n) is 9.82. The summed E-state index contributed by atoms with van der Waals surface area (Å²) in [5.74, 6) is -0.665. The third-order valence-electron chi connectivity index (χ3n) is 4.47. The predicted octanol–water partition coefficient (Wildman–Crippen LogP) is 4.04. The van der Waals surface area contributed by atoms with Crippen LogP contribution in [-0.2, 0) is 20.7 Å². The fourth-order valence-corrected chi connectivity index (χ4v) is 2.94. The van der Waals surface area contributed by atoms with Crippen LogP contribution in [-0.4, -0.2) is 30.9 Å². The van der Waals surface area contributed by atoms with Gasteiger partial charge >= 0.3 is 5.97 Å². The maximum Gasteiger partial charge on any atom is 0.344 e. The fraction of sp³-hybridized carbons (Fsp3) is 0.160. The van der Waals surface area contributed by atoms with Gasteiger partial charge in [-0.25, -0.2) is 4.79 Å². The Bertz CT molecular complexity index is 1060. The molecule has 3 rings (SSSR count). The van der Waals surface area contributed by atoms with E-state index in [2.05, 4.69) is 5.32 Å². The number of benzene rings is 3. The van der Waals surface area contributed by atoms with Gasteiger partial charge in [0, 0.05) is 17.7 Å². The van der Waals surface area contributed by atoms with E-state index < -0.39 is 18.5 Å². The van der Waals surface area contributed by atoms with Gasteiger partial charge in [0.1, 0.15) is 5.75 Å². The van der Waals surface area contributed by atoms with Crippen molar-refractivity contribution in [3.05, 3.63) is 95.6 Å². The number of carbonyl (C=O) groups is 3. The molecule has 6 heteroatoms. The maximum atomic E-state index is 12.0. The monoisotopic (exact) mass is 417 g/mol.